The van der Waals surface area contributed by atoms with Crippen LogP contribution in [0.1, 0.15) is 102 Å². The molecule has 0 amide bonds. The van der Waals surface area contributed by atoms with E-state index in [1.807, 2.05) is 0 Å². The first-order valence-corrected chi connectivity index (χ1v) is 19.1. The molecule has 5 aliphatic rings. The molecule has 232 valence electrons. The van der Waals surface area contributed by atoms with Crippen LogP contribution in [0, 0.1) is 17.8 Å². The number of nitrogens with zero attached hydrogens (tertiary/aromatic N) is 4. The Kier molecular flexibility index (Phi) is 8.45. The molecule has 7 rings (SSSR count). The van der Waals surface area contributed by atoms with E-state index in [0.29, 0.717) is 30.7 Å². The fourth-order valence-corrected chi connectivity index (χ4v) is 10.6. The largest absolute Gasteiger partial charge is 0.325 e. The Hall–Kier alpha value is -1.48. The minimum Gasteiger partial charge on any atom is -0.325 e. The van der Waals surface area contributed by atoms with Gasteiger partial charge in [0.2, 0.25) is 10.0 Å². The number of hydrogen-bond acceptors (Lipinski definition) is 5. The Morgan fingerprint density at radius 2 is 1.67 bits per heavy atom. The second-order valence-corrected chi connectivity index (χ2v) is 16.6. The molecule has 3 saturated heterocycles. The molecule has 8 heteroatoms. The minimum atomic E-state index is -3.16. The second-order valence-electron chi connectivity index (χ2n) is 14.8. The van der Waals surface area contributed by atoms with Crippen LogP contribution in [-0.2, 0) is 16.4 Å². The van der Waals surface area contributed by atoms with E-state index in [4.69, 9.17) is 4.98 Å². The lowest BCUT2D eigenvalue weighted by Gasteiger charge is -2.56. The van der Waals surface area contributed by atoms with Crippen molar-refractivity contribution >= 4 is 21.1 Å². The Morgan fingerprint density at radius 1 is 0.881 bits per heavy atom. The highest BCUT2D eigenvalue weighted by Gasteiger charge is 2.47. The molecular formula is C34H53N5O2S. The standard InChI is InChI=1S/C34H53N5O2S/c1-24-13-14-28-21-30(22-33(24)38(28)29-19-25-8-3-4-9-26(18-25)20-29)39-32-12-6-5-11-31(32)36-34(39)23-27-10-7-16-37(27)17-15-35-42(2,40)41/h5-6,11-12,24-30,33,35H,3-4,7-10,13-23H2,1-2H3. The summed E-state index contributed by atoms with van der Waals surface area (Å²) in [5.74, 6) is 3.95. The topological polar surface area (TPSA) is 70.5 Å². The predicted molar refractivity (Wildman–Crippen MR) is 170 cm³/mol. The summed E-state index contributed by atoms with van der Waals surface area (Å²) in [7, 11) is -3.16. The molecule has 7 unspecified atom stereocenters. The van der Waals surface area contributed by atoms with E-state index >= 15 is 0 Å². The van der Waals surface area contributed by atoms with Crippen LogP contribution in [0.15, 0.2) is 24.3 Å². The summed E-state index contributed by atoms with van der Waals surface area (Å²) in [5, 5.41) is 0. The van der Waals surface area contributed by atoms with Crippen LogP contribution in [-0.4, -0.2) is 77.8 Å². The second kappa shape index (κ2) is 12.1. The molecule has 2 aliphatic carbocycles. The van der Waals surface area contributed by atoms with Crippen molar-refractivity contribution in [3.05, 3.63) is 30.1 Å². The first-order valence-electron chi connectivity index (χ1n) is 17.2. The van der Waals surface area contributed by atoms with Gasteiger partial charge in [-0.1, -0.05) is 44.7 Å². The summed E-state index contributed by atoms with van der Waals surface area (Å²) in [6.07, 6.45) is 20.1. The van der Waals surface area contributed by atoms with Gasteiger partial charge >= 0.3 is 0 Å². The SMILES string of the molecule is CC1CCC2CC(n3c(CC4CCCN4CCNS(C)(=O)=O)nc4ccccc43)CC1N2C1CC2CCCCC(C2)C1. The van der Waals surface area contributed by atoms with Crippen LogP contribution in [0.2, 0.25) is 0 Å². The van der Waals surface area contributed by atoms with Gasteiger partial charge < -0.3 is 4.57 Å². The van der Waals surface area contributed by atoms with E-state index in [9.17, 15) is 8.42 Å². The van der Waals surface area contributed by atoms with Gasteiger partial charge in [-0.3, -0.25) is 9.80 Å². The molecule has 1 aromatic heterocycles. The Bertz CT molecular complexity index is 1330. The van der Waals surface area contributed by atoms with Crippen LogP contribution in [0.25, 0.3) is 11.0 Å². The molecule has 0 radical (unpaired) electrons. The van der Waals surface area contributed by atoms with E-state index in [-0.39, 0.29) is 0 Å². The molecule has 42 heavy (non-hydrogen) atoms. The highest BCUT2D eigenvalue weighted by atomic mass is 32.2. The molecule has 5 fully saturated rings. The summed E-state index contributed by atoms with van der Waals surface area (Å²) in [5.41, 5.74) is 2.44. The zero-order valence-electron chi connectivity index (χ0n) is 26.0. The molecule has 7 nitrogen and oxygen atoms in total. The molecule has 0 spiro atoms. The van der Waals surface area contributed by atoms with Crippen molar-refractivity contribution in [1.29, 1.82) is 0 Å². The maximum atomic E-state index is 11.6. The number of para-hydroxylation sites is 2. The van der Waals surface area contributed by atoms with Gasteiger partial charge in [0, 0.05) is 49.7 Å². The van der Waals surface area contributed by atoms with Crippen LogP contribution in [0.4, 0.5) is 0 Å². The zero-order valence-corrected chi connectivity index (χ0v) is 26.8. The van der Waals surface area contributed by atoms with E-state index in [0.717, 1.165) is 55.2 Å². The highest BCUT2D eigenvalue weighted by Crippen LogP contribution is 2.49. The quantitative estimate of drug-likeness (QED) is 0.421. The van der Waals surface area contributed by atoms with Gasteiger partial charge in [-0.2, -0.15) is 0 Å². The van der Waals surface area contributed by atoms with Gasteiger partial charge in [-0.05, 0) is 94.2 Å². The first-order chi connectivity index (χ1) is 20.3. The lowest BCUT2D eigenvalue weighted by molar-refractivity contribution is -0.0642. The number of hydrogen-bond donors (Lipinski definition) is 1. The van der Waals surface area contributed by atoms with Crippen molar-refractivity contribution in [2.75, 3.05) is 25.9 Å². The predicted octanol–water partition coefficient (Wildman–Crippen LogP) is 5.76. The molecule has 2 aromatic rings. The fourth-order valence-electron chi connectivity index (χ4n) is 10.2. The number of benzene rings is 1. The average molecular weight is 596 g/mol. The molecule has 7 atom stereocenters. The van der Waals surface area contributed by atoms with Crippen LogP contribution >= 0.6 is 0 Å². The Labute approximate surface area is 253 Å². The summed E-state index contributed by atoms with van der Waals surface area (Å²) < 4.78 is 28.7. The van der Waals surface area contributed by atoms with Crippen molar-refractivity contribution in [3.63, 3.8) is 0 Å². The van der Waals surface area contributed by atoms with Crippen molar-refractivity contribution < 1.29 is 8.42 Å². The zero-order chi connectivity index (χ0) is 28.8. The summed E-state index contributed by atoms with van der Waals surface area (Å²) in [4.78, 5) is 10.9. The number of fused-ring (bicyclic) bond motifs is 5. The third-order valence-electron chi connectivity index (χ3n) is 12.0. The number of aromatic nitrogens is 2. The van der Waals surface area contributed by atoms with E-state index in [1.54, 1.807) is 0 Å². The van der Waals surface area contributed by atoms with Gasteiger partial charge in [-0.15, -0.1) is 0 Å². The summed E-state index contributed by atoms with van der Waals surface area (Å²) in [6.45, 7) is 4.83. The maximum absolute atomic E-state index is 11.6. The van der Waals surface area contributed by atoms with E-state index in [1.165, 1.54) is 94.6 Å². The number of sulfonamides is 1. The minimum absolute atomic E-state index is 0.422. The number of rotatable bonds is 8. The lowest BCUT2D eigenvalue weighted by Crippen LogP contribution is -2.60. The first kappa shape index (κ1) is 29.2. The average Bonchev–Trinajstić information content (AvgIpc) is 3.51. The fraction of sp³-hybridized carbons (Fsp3) is 0.794. The molecule has 4 heterocycles. The third-order valence-corrected chi connectivity index (χ3v) is 12.7. The van der Waals surface area contributed by atoms with Gasteiger partial charge in [-0.25, -0.2) is 18.1 Å². The molecule has 1 aromatic carbocycles. The van der Waals surface area contributed by atoms with Gasteiger partial charge in [0.05, 0.1) is 17.3 Å². The van der Waals surface area contributed by atoms with Crippen molar-refractivity contribution in [1.82, 2.24) is 24.1 Å². The monoisotopic (exact) mass is 595 g/mol. The number of piperidine rings is 2. The van der Waals surface area contributed by atoms with Crippen molar-refractivity contribution in [2.24, 2.45) is 17.8 Å². The number of nitrogens with one attached hydrogen (secondary N) is 1. The summed E-state index contributed by atoms with van der Waals surface area (Å²) in [6, 6.07) is 11.9. The molecule has 2 saturated carbocycles. The Morgan fingerprint density at radius 3 is 2.45 bits per heavy atom. The van der Waals surface area contributed by atoms with E-state index < -0.39 is 10.0 Å². The van der Waals surface area contributed by atoms with Crippen molar-refractivity contribution in [2.45, 2.75) is 127 Å². The number of imidazole rings is 1. The molecule has 3 aliphatic heterocycles. The third kappa shape index (κ3) is 6.07. The lowest BCUT2D eigenvalue weighted by atomic mass is 9.71. The summed E-state index contributed by atoms with van der Waals surface area (Å²) >= 11 is 0. The molecular weight excluding hydrogens is 542 g/mol. The van der Waals surface area contributed by atoms with Crippen LogP contribution < -0.4 is 4.72 Å². The molecule has 4 bridgehead atoms. The van der Waals surface area contributed by atoms with E-state index in [2.05, 4.69) is 50.3 Å². The smallest absolute Gasteiger partial charge is 0.208 e. The van der Waals surface area contributed by atoms with Gasteiger partial charge in [0.15, 0.2) is 0 Å². The molecule has 1 N–H and O–H groups in total. The van der Waals surface area contributed by atoms with Crippen LogP contribution in [0.5, 0.6) is 0 Å². The van der Waals surface area contributed by atoms with Gasteiger partial charge in [0.25, 0.3) is 0 Å². The normalized spacial score (nSPS) is 36.3. The highest BCUT2D eigenvalue weighted by molar-refractivity contribution is 7.88. The Balaban J connectivity index is 1.13. The number of likely N-dealkylation sites (tertiary alicyclic amines) is 1. The van der Waals surface area contributed by atoms with Crippen LogP contribution in [0.3, 0.4) is 0 Å². The van der Waals surface area contributed by atoms with Crippen molar-refractivity contribution in [3.8, 4) is 0 Å². The maximum Gasteiger partial charge on any atom is 0.208 e. The van der Waals surface area contributed by atoms with Gasteiger partial charge in [0.1, 0.15) is 5.82 Å².